The Morgan fingerprint density at radius 3 is 2.16 bits per heavy atom. The lowest BCUT2D eigenvalue weighted by Gasteiger charge is -2.20. The summed E-state index contributed by atoms with van der Waals surface area (Å²) in [5, 5.41) is 5.51. The first-order valence-corrected chi connectivity index (χ1v) is 11.3. The first-order chi connectivity index (χ1) is 14.6. The Kier molecular flexibility index (Phi) is 8.86. The number of anilines is 1. The monoisotopic (exact) mass is 450 g/mol. The summed E-state index contributed by atoms with van der Waals surface area (Å²) in [4.78, 5) is 25.4. The van der Waals surface area contributed by atoms with Crippen LogP contribution in [0.2, 0.25) is 0 Å². The highest BCUT2D eigenvalue weighted by Gasteiger charge is 2.22. The highest BCUT2D eigenvalue weighted by molar-refractivity contribution is 7.98. The van der Waals surface area contributed by atoms with E-state index in [0.29, 0.717) is 23.4 Å². The first-order valence-electron chi connectivity index (χ1n) is 9.86. The first kappa shape index (κ1) is 24.7. The number of nitrogens with one attached hydrogen (secondary N) is 2. The number of rotatable bonds is 9. The maximum absolute atomic E-state index is 12.7. The molecule has 8 heteroatoms. The molecular weight excluding hydrogens is 422 g/mol. The van der Waals surface area contributed by atoms with Gasteiger partial charge in [0, 0.05) is 11.3 Å². The van der Waals surface area contributed by atoms with Crippen LogP contribution in [0.4, 0.5) is 14.5 Å². The van der Waals surface area contributed by atoms with Crippen molar-refractivity contribution in [2.24, 2.45) is 0 Å². The van der Waals surface area contributed by atoms with Crippen LogP contribution in [0, 0.1) is 0 Å². The van der Waals surface area contributed by atoms with Gasteiger partial charge in [0.2, 0.25) is 5.91 Å². The van der Waals surface area contributed by atoms with Gasteiger partial charge in [-0.2, -0.15) is 20.5 Å². The summed E-state index contributed by atoms with van der Waals surface area (Å²) in [7, 11) is 0. The molecule has 0 heterocycles. The van der Waals surface area contributed by atoms with Gasteiger partial charge in [0.25, 0.3) is 5.91 Å². The predicted molar refractivity (Wildman–Crippen MR) is 121 cm³/mol. The Bertz CT molecular complexity index is 866. The number of carbonyl (C=O) groups excluding carboxylic acids is 2. The predicted octanol–water partition coefficient (Wildman–Crippen LogP) is 5.08. The van der Waals surface area contributed by atoms with Crippen LogP contribution in [-0.4, -0.2) is 36.5 Å². The summed E-state index contributed by atoms with van der Waals surface area (Å²) in [6.45, 7) is 3.37. The molecule has 2 N–H and O–H groups in total. The second-order valence-corrected chi connectivity index (χ2v) is 9.01. The molecule has 2 amide bonds. The Balaban J connectivity index is 2.06. The number of amides is 2. The second kappa shape index (κ2) is 11.1. The van der Waals surface area contributed by atoms with Gasteiger partial charge < -0.3 is 15.4 Å². The minimum absolute atomic E-state index is 0.000983. The van der Waals surface area contributed by atoms with Crippen molar-refractivity contribution in [3.8, 4) is 5.75 Å². The molecule has 2 aromatic rings. The van der Waals surface area contributed by atoms with Crippen molar-refractivity contribution in [3.05, 3.63) is 59.7 Å². The zero-order valence-corrected chi connectivity index (χ0v) is 18.9. The van der Waals surface area contributed by atoms with Crippen molar-refractivity contribution in [2.45, 2.75) is 45.3 Å². The van der Waals surface area contributed by atoms with E-state index in [1.807, 2.05) is 18.4 Å². The minimum atomic E-state index is -2.91. The van der Waals surface area contributed by atoms with E-state index in [-0.39, 0.29) is 23.0 Å². The summed E-state index contributed by atoms with van der Waals surface area (Å²) < 4.78 is 28.8. The molecule has 168 valence electrons. The summed E-state index contributed by atoms with van der Waals surface area (Å²) in [5.41, 5.74) is 1.99. The van der Waals surface area contributed by atoms with Gasteiger partial charge in [-0.15, -0.1) is 0 Å². The van der Waals surface area contributed by atoms with Crippen LogP contribution in [0.5, 0.6) is 5.75 Å². The van der Waals surface area contributed by atoms with Crippen molar-refractivity contribution in [1.29, 1.82) is 0 Å². The molecular formula is C23H28F2N2O3S. The number of carbonyl (C=O) groups is 2. The van der Waals surface area contributed by atoms with E-state index in [1.165, 1.54) is 24.3 Å². The molecule has 5 nitrogen and oxygen atoms in total. The third kappa shape index (κ3) is 7.86. The van der Waals surface area contributed by atoms with Gasteiger partial charge >= 0.3 is 6.61 Å². The van der Waals surface area contributed by atoms with Gasteiger partial charge in [0.05, 0.1) is 0 Å². The highest BCUT2D eigenvalue weighted by atomic mass is 32.2. The third-order valence-corrected chi connectivity index (χ3v) is 5.24. The van der Waals surface area contributed by atoms with Crippen molar-refractivity contribution in [3.63, 3.8) is 0 Å². The molecule has 2 rings (SSSR count). The molecule has 0 radical (unpaired) electrons. The van der Waals surface area contributed by atoms with Crippen molar-refractivity contribution >= 4 is 29.3 Å². The molecule has 0 saturated carbocycles. The van der Waals surface area contributed by atoms with E-state index >= 15 is 0 Å². The second-order valence-electron chi connectivity index (χ2n) is 8.03. The van der Waals surface area contributed by atoms with Gasteiger partial charge in [-0.25, -0.2) is 0 Å². The molecule has 0 aliphatic rings. The van der Waals surface area contributed by atoms with Crippen molar-refractivity contribution in [1.82, 2.24) is 5.32 Å². The normalized spacial score (nSPS) is 12.4. The van der Waals surface area contributed by atoms with Crippen LogP contribution >= 0.6 is 11.8 Å². The fraction of sp³-hybridized carbons (Fsp3) is 0.391. The number of halogens is 2. The van der Waals surface area contributed by atoms with Gasteiger partial charge in [-0.3, -0.25) is 9.59 Å². The molecule has 1 atom stereocenters. The van der Waals surface area contributed by atoms with E-state index in [2.05, 4.69) is 36.1 Å². The quantitative estimate of drug-likeness (QED) is 0.559. The summed E-state index contributed by atoms with van der Waals surface area (Å²) in [5.74, 6) is -0.0276. The van der Waals surface area contributed by atoms with E-state index in [9.17, 15) is 18.4 Å². The summed E-state index contributed by atoms with van der Waals surface area (Å²) >= 11 is 1.57. The maximum atomic E-state index is 12.7. The number of ether oxygens (including phenoxy) is 1. The molecule has 0 saturated heterocycles. The largest absolute Gasteiger partial charge is 0.435 e. The summed E-state index contributed by atoms with van der Waals surface area (Å²) in [6.07, 6.45) is 2.37. The smallest absolute Gasteiger partial charge is 0.387 e. The fourth-order valence-electron chi connectivity index (χ4n) is 2.82. The van der Waals surface area contributed by atoms with Gasteiger partial charge in [0.15, 0.2) is 0 Å². The third-order valence-electron chi connectivity index (χ3n) is 4.59. The van der Waals surface area contributed by atoms with Crippen LogP contribution in [-0.2, 0) is 10.2 Å². The Labute approximate surface area is 185 Å². The molecule has 0 aromatic heterocycles. The van der Waals surface area contributed by atoms with Gasteiger partial charge in [-0.1, -0.05) is 32.9 Å². The molecule has 2 aromatic carbocycles. The van der Waals surface area contributed by atoms with Crippen molar-refractivity contribution in [2.75, 3.05) is 17.3 Å². The van der Waals surface area contributed by atoms with Crippen LogP contribution in [0.3, 0.4) is 0 Å². The minimum Gasteiger partial charge on any atom is -0.435 e. The van der Waals surface area contributed by atoms with Gasteiger partial charge in [0.1, 0.15) is 11.8 Å². The van der Waals surface area contributed by atoms with Crippen molar-refractivity contribution < 1.29 is 23.1 Å². The molecule has 0 bridgehead atoms. The number of hydrogen-bond donors (Lipinski definition) is 2. The van der Waals surface area contributed by atoms with E-state index < -0.39 is 12.7 Å². The number of thioether (sulfide) groups is 1. The maximum Gasteiger partial charge on any atom is 0.387 e. The van der Waals surface area contributed by atoms with Gasteiger partial charge in [-0.05, 0) is 65.8 Å². The fourth-order valence-corrected chi connectivity index (χ4v) is 3.29. The number of benzene rings is 2. The lowest BCUT2D eigenvalue weighted by atomic mass is 9.86. The average molecular weight is 451 g/mol. The average Bonchev–Trinajstić information content (AvgIpc) is 2.71. The Morgan fingerprint density at radius 2 is 1.65 bits per heavy atom. The molecule has 1 unspecified atom stereocenters. The molecule has 0 fully saturated rings. The molecule has 0 aliphatic carbocycles. The van der Waals surface area contributed by atoms with E-state index in [4.69, 9.17) is 0 Å². The molecule has 31 heavy (non-hydrogen) atoms. The Hall–Kier alpha value is -2.61. The zero-order valence-electron chi connectivity index (χ0n) is 18.1. The topological polar surface area (TPSA) is 67.4 Å². The van der Waals surface area contributed by atoms with E-state index in [1.54, 1.807) is 23.9 Å². The lowest BCUT2D eigenvalue weighted by Crippen LogP contribution is -2.44. The van der Waals surface area contributed by atoms with Crippen LogP contribution in [0.1, 0.15) is 43.1 Å². The zero-order chi connectivity index (χ0) is 23.0. The standard InChI is InChI=1S/C23H28F2N2O3S/c1-23(2,3)16-7-5-15(6-8-16)20(28)27-19(13-14-31-4)21(29)26-17-9-11-18(12-10-17)30-22(24)25/h5-12,19,22H,13-14H2,1-4H3,(H,26,29)(H,27,28). The number of hydrogen-bond acceptors (Lipinski definition) is 4. The van der Waals surface area contributed by atoms with E-state index in [0.717, 1.165) is 5.56 Å². The lowest BCUT2D eigenvalue weighted by molar-refractivity contribution is -0.118. The Morgan fingerprint density at radius 1 is 1.03 bits per heavy atom. The SMILES string of the molecule is CSCCC(NC(=O)c1ccc(C(C)(C)C)cc1)C(=O)Nc1ccc(OC(F)F)cc1. The van der Waals surface area contributed by atoms with Crippen LogP contribution < -0.4 is 15.4 Å². The van der Waals surface area contributed by atoms with Crippen LogP contribution in [0.25, 0.3) is 0 Å². The number of alkyl halides is 2. The molecule has 0 spiro atoms. The molecule has 0 aliphatic heterocycles. The highest BCUT2D eigenvalue weighted by Crippen LogP contribution is 2.22. The van der Waals surface area contributed by atoms with Crippen LogP contribution in [0.15, 0.2) is 48.5 Å². The summed E-state index contributed by atoms with van der Waals surface area (Å²) in [6, 6.07) is 12.2.